The van der Waals surface area contributed by atoms with Crippen LogP contribution >= 0.6 is 23.2 Å². The van der Waals surface area contributed by atoms with Gasteiger partial charge in [0.2, 0.25) is 0 Å². The van der Waals surface area contributed by atoms with Crippen molar-refractivity contribution in [2.45, 2.75) is 58.4 Å². The Morgan fingerprint density at radius 1 is 0.967 bits per heavy atom. The highest BCUT2D eigenvalue weighted by Gasteiger charge is 2.37. The van der Waals surface area contributed by atoms with Gasteiger partial charge in [0.05, 0.1) is 30.4 Å². The Hall–Kier alpha value is -1.73. The van der Waals surface area contributed by atoms with Crippen molar-refractivity contribution in [3.8, 4) is 5.82 Å². The van der Waals surface area contributed by atoms with E-state index in [-0.39, 0.29) is 5.04 Å². The van der Waals surface area contributed by atoms with E-state index in [1.807, 2.05) is 30.5 Å². The van der Waals surface area contributed by atoms with E-state index < -0.39 is 8.32 Å². The monoisotopic (exact) mass is 462 g/mol. The molecule has 5 nitrogen and oxygen atoms in total. The van der Waals surface area contributed by atoms with Gasteiger partial charge in [0.25, 0.3) is 0 Å². The van der Waals surface area contributed by atoms with Gasteiger partial charge in [-0.2, -0.15) is 5.10 Å². The van der Waals surface area contributed by atoms with E-state index in [0.717, 1.165) is 17.0 Å². The minimum absolute atomic E-state index is 0.172. The standard InChI is InChI=1S/C22H28Cl2N4OSi/c1-22(2,3)30(4,5)29-15-17-11-12-28(27-17)21-14-25-16(13-26-21)9-10-18-19(23)7-6-8-20(18)24/h6-8,11-14H,9-10,15H2,1-5H3. The SMILES string of the molecule is CC(C)(C)[Si](C)(C)OCc1ccn(-c2cnc(CCc3c(Cl)cccc3Cl)cn2)n1. The molecule has 0 saturated heterocycles. The van der Waals surface area contributed by atoms with Crippen molar-refractivity contribution in [3.63, 3.8) is 0 Å². The minimum Gasteiger partial charge on any atom is -0.411 e. The number of aryl methyl sites for hydroxylation is 1. The van der Waals surface area contributed by atoms with Crippen LogP contribution in [0, 0.1) is 0 Å². The van der Waals surface area contributed by atoms with Crippen LogP contribution in [-0.4, -0.2) is 28.1 Å². The summed E-state index contributed by atoms with van der Waals surface area (Å²) in [6, 6.07) is 7.50. The summed E-state index contributed by atoms with van der Waals surface area (Å²) in [6.45, 7) is 11.7. The highest BCUT2D eigenvalue weighted by Crippen LogP contribution is 2.37. The summed E-state index contributed by atoms with van der Waals surface area (Å²) in [6.07, 6.45) is 6.81. The van der Waals surface area contributed by atoms with Gasteiger partial charge in [-0.25, -0.2) is 9.67 Å². The lowest BCUT2D eigenvalue weighted by atomic mass is 10.1. The van der Waals surface area contributed by atoms with E-state index in [4.69, 9.17) is 27.6 Å². The predicted octanol–water partition coefficient (Wildman–Crippen LogP) is 6.28. The Morgan fingerprint density at radius 2 is 1.67 bits per heavy atom. The van der Waals surface area contributed by atoms with E-state index in [1.165, 1.54) is 0 Å². The average molecular weight is 463 g/mol. The quantitative estimate of drug-likeness (QED) is 0.387. The maximum absolute atomic E-state index is 6.25. The molecule has 0 N–H and O–H groups in total. The van der Waals surface area contributed by atoms with Gasteiger partial charge < -0.3 is 4.43 Å². The fourth-order valence-corrected chi connectivity index (χ4v) is 4.18. The lowest BCUT2D eigenvalue weighted by molar-refractivity contribution is 0.271. The molecule has 160 valence electrons. The first-order valence-electron chi connectivity index (χ1n) is 9.99. The molecule has 0 aliphatic rings. The van der Waals surface area contributed by atoms with E-state index in [1.54, 1.807) is 17.1 Å². The molecule has 1 aromatic carbocycles. The predicted molar refractivity (Wildman–Crippen MR) is 125 cm³/mol. The Morgan fingerprint density at radius 3 is 2.27 bits per heavy atom. The Labute approximate surface area is 189 Å². The van der Waals surface area contributed by atoms with Crippen LogP contribution in [0.2, 0.25) is 28.2 Å². The highest BCUT2D eigenvalue weighted by atomic mass is 35.5. The Kier molecular flexibility index (Phi) is 7.02. The molecular weight excluding hydrogens is 435 g/mol. The van der Waals surface area contributed by atoms with Gasteiger partial charge in [0.15, 0.2) is 14.1 Å². The third-order valence-electron chi connectivity index (χ3n) is 5.65. The molecule has 3 aromatic rings. The maximum atomic E-state index is 6.25. The fraction of sp³-hybridized carbons (Fsp3) is 0.409. The van der Waals surface area contributed by atoms with Crippen molar-refractivity contribution >= 4 is 31.5 Å². The number of benzene rings is 1. The lowest BCUT2D eigenvalue weighted by Crippen LogP contribution is -2.40. The molecule has 0 amide bonds. The molecule has 0 unspecified atom stereocenters. The Bertz CT molecular complexity index is 977. The van der Waals surface area contributed by atoms with Crippen molar-refractivity contribution in [1.82, 2.24) is 19.7 Å². The summed E-state index contributed by atoms with van der Waals surface area (Å²) in [4.78, 5) is 9.03. The Balaban J connectivity index is 1.62. The van der Waals surface area contributed by atoms with Gasteiger partial charge in [-0.05, 0) is 54.7 Å². The molecule has 0 aliphatic heterocycles. The van der Waals surface area contributed by atoms with Crippen LogP contribution in [0.15, 0.2) is 42.9 Å². The zero-order chi connectivity index (χ0) is 21.9. The summed E-state index contributed by atoms with van der Waals surface area (Å²) in [5.41, 5.74) is 2.70. The maximum Gasteiger partial charge on any atom is 0.192 e. The smallest absolute Gasteiger partial charge is 0.192 e. The number of hydrogen-bond donors (Lipinski definition) is 0. The third-order valence-corrected chi connectivity index (χ3v) is 10.8. The van der Waals surface area contributed by atoms with Gasteiger partial charge in [-0.3, -0.25) is 4.98 Å². The number of rotatable bonds is 7. The molecule has 2 heterocycles. The molecule has 0 radical (unpaired) electrons. The molecular formula is C22H28Cl2N4OSi. The first-order chi connectivity index (χ1) is 14.1. The first kappa shape index (κ1) is 22.9. The average Bonchev–Trinajstić information content (AvgIpc) is 3.15. The summed E-state index contributed by atoms with van der Waals surface area (Å²) in [7, 11) is -1.81. The van der Waals surface area contributed by atoms with Gasteiger partial charge in [0, 0.05) is 16.2 Å². The van der Waals surface area contributed by atoms with Crippen LogP contribution in [0.5, 0.6) is 0 Å². The van der Waals surface area contributed by atoms with E-state index in [2.05, 4.69) is 48.9 Å². The largest absolute Gasteiger partial charge is 0.411 e. The van der Waals surface area contributed by atoms with Crippen LogP contribution in [0.4, 0.5) is 0 Å². The van der Waals surface area contributed by atoms with Crippen LogP contribution in [-0.2, 0) is 23.9 Å². The molecule has 0 bridgehead atoms. The topological polar surface area (TPSA) is 52.8 Å². The van der Waals surface area contributed by atoms with E-state index >= 15 is 0 Å². The molecule has 3 rings (SSSR count). The molecule has 0 aliphatic carbocycles. The number of nitrogens with zero attached hydrogens (tertiary/aromatic N) is 4. The van der Waals surface area contributed by atoms with E-state index in [0.29, 0.717) is 35.3 Å². The first-order valence-corrected chi connectivity index (χ1v) is 13.7. The van der Waals surface area contributed by atoms with Crippen molar-refractivity contribution in [2.24, 2.45) is 0 Å². The van der Waals surface area contributed by atoms with Crippen molar-refractivity contribution < 1.29 is 4.43 Å². The van der Waals surface area contributed by atoms with Gasteiger partial charge >= 0.3 is 0 Å². The van der Waals surface area contributed by atoms with Crippen molar-refractivity contribution in [1.29, 1.82) is 0 Å². The number of aromatic nitrogens is 4. The molecule has 8 heteroatoms. The van der Waals surface area contributed by atoms with Crippen LogP contribution in [0.1, 0.15) is 37.7 Å². The molecule has 30 heavy (non-hydrogen) atoms. The van der Waals surface area contributed by atoms with Gasteiger partial charge in [-0.15, -0.1) is 0 Å². The van der Waals surface area contributed by atoms with Crippen molar-refractivity contribution in [2.75, 3.05) is 0 Å². The molecule has 0 fully saturated rings. The molecule has 0 saturated carbocycles. The van der Waals surface area contributed by atoms with Crippen LogP contribution < -0.4 is 0 Å². The second-order valence-corrected chi connectivity index (χ2v) is 14.5. The summed E-state index contributed by atoms with van der Waals surface area (Å²) < 4.78 is 7.98. The second-order valence-electron chi connectivity index (χ2n) is 8.87. The zero-order valence-corrected chi connectivity index (χ0v) is 20.6. The van der Waals surface area contributed by atoms with Crippen LogP contribution in [0.25, 0.3) is 5.82 Å². The number of hydrogen-bond acceptors (Lipinski definition) is 4. The normalized spacial score (nSPS) is 12.4. The molecule has 0 atom stereocenters. The molecule has 2 aromatic heterocycles. The van der Waals surface area contributed by atoms with Crippen LogP contribution in [0.3, 0.4) is 0 Å². The van der Waals surface area contributed by atoms with Crippen molar-refractivity contribution in [3.05, 3.63) is 69.9 Å². The number of halogens is 2. The second kappa shape index (κ2) is 9.18. The highest BCUT2D eigenvalue weighted by molar-refractivity contribution is 6.74. The lowest BCUT2D eigenvalue weighted by Gasteiger charge is -2.35. The summed E-state index contributed by atoms with van der Waals surface area (Å²) in [5, 5.41) is 6.11. The molecule has 0 spiro atoms. The minimum atomic E-state index is -1.81. The van der Waals surface area contributed by atoms with E-state index in [9.17, 15) is 0 Å². The zero-order valence-electron chi connectivity index (χ0n) is 18.1. The van der Waals surface area contributed by atoms with Gasteiger partial charge in [0.1, 0.15) is 0 Å². The summed E-state index contributed by atoms with van der Waals surface area (Å²) in [5.74, 6) is 0.674. The summed E-state index contributed by atoms with van der Waals surface area (Å²) >= 11 is 12.5. The fourth-order valence-electron chi connectivity index (χ4n) is 2.66. The van der Waals surface area contributed by atoms with Gasteiger partial charge in [-0.1, -0.05) is 50.0 Å². The third kappa shape index (κ3) is 5.49.